The largest absolute Gasteiger partial charge is 0.397 e. The topological polar surface area (TPSA) is 104 Å². The second-order valence-corrected chi connectivity index (χ2v) is 3.43. The minimum absolute atomic E-state index is 0.0868. The molecule has 0 aliphatic rings. The van der Waals surface area contributed by atoms with Gasteiger partial charge < -0.3 is 5.73 Å². The third-order valence-corrected chi connectivity index (χ3v) is 2.36. The number of anilines is 1. The molecule has 2 N–H and O–H groups in total. The van der Waals surface area contributed by atoms with Gasteiger partial charge in [-0.05, 0) is 18.6 Å². The standard InChI is InChI=1S/C11H8N6/c1-7-2-11(15-5-8(7)14)17-6-16-9(3-12)10(17)4-13/h2,5-6H,14H2,1H3. The Bertz CT molecular complexity index is 656. The number of nitrogen functional groups attached to an aromatic ring is 1. The summed E-state index contributed by atoms with van der Waals surface area (Å²) in [6.07, 6.45) is 2.91. The summed E-state index contributed by atoms with van der Waals surface area (Å²) in [4.78, 5) is 7.95. The maximum Gasteiger partial charge on any atom is 0.177 e. The number of aryl methyl sites for hydroxylation is 1. The van der Waals surface area contributed by atoms with E-state index < -0.39 is 0 Å². The van der Waals surface area contributed by atoms with Crippen molar-refractivity contribution < 1.29 is 0 Å². The van der Waals surface area contributed by atoms with Gasteiger partial charge in [-0.3, -0.25) is 4.57 Å². The van der Waals surface area contributed by atoms with Crippen molar-refractivity contribution in [3.05, 3.63) is 35.5 Å². The van der Waals surface area contributed by atoms with Crippen LogP contribution in [0.2, 0.25) is 0 Å². The first-order valence-corrected chi connectivity index (χ1v) is 4.77. The number of rotatable bonds is 1. The molecule has 0 saturated carbocycles. The van der Waals surface area contributed by atoms with Gasteiger partial charge in [-0.25, -0.2) is 9.97 Å². The number of nitriles is 2. The Morgan fingerprint density at radius 1 is 1.29 bits per heavy atom. The maximum absolute atomic E-state index is 8.99. The van der Waals surface area contributed by atoms with E-state index >= 15 is 0 Å². The zero-order valence-electron chi connectivity index (χ0n) is 9.05. The van der Waals surface area contributed by atoms with Gasteiger partial charge in [0.1, 0.15) is 24.3 Å². The summed E-state index contributed by atoms with van der Waals surface area (Å²) >= 11 is 0. The number of hydrogen-bond donors (Lipinski definition) is 1. The van der Waals surface area contributed by atoms with Crippen molar-refractivity contribution in [1.29, 1.82) is 10.5 Å². The Labute approximate surface area is 97.6 Å². The van der Waals surface area contributed by atoms with Crippen LogP contribution in [-0.2, 0) is 0 Å². The van der Waals surface area contributed by atoms with Crippen LogP contribution in [0.5, 0.6) is 0 Å². The number of hydrogen-bond acceptors (Lipinski definition) is 5. The molecule has 0 fully saturated rings. The van der Waals surface area contributed by atoms with Gasteiger partial charge in [0.05, 0.1) is 11.9 Å². The lowest BCUT2D eigenvalue weighted by Gasteiger charge is -2.05. The van der Waals surface area contributed by atoms with Gasteiger partial charge in [-0.1, -0.05) is 0 Å². The van der Waals surface area contributed by atoms with Crippen molar-refractivity contribution in [2.75, 3.05) is 5.73 Å². The lowest BCUT2D eigenvalue weighted by atomic mass is 10.2. The van der Waals surface area contributed by atoms with E-state index in [4.69, 9.17) is 16.3 Å². The molecule has 0 amide bonds. The lowest BCUT2D eigenvalue weighted by Crippen LogP contribution is -2.01. The average molecular weight is 224 g/mol. The third-order valence-electron chi connectivity index (χ3n) is 2.36. The first kappa shape index (κ1) is 10.7. The third kappa shape index (κ3) is 1.68. The summed E-state index contributed by atoms with van der Waals surface area (Å²) in [5.74, 6) is 0.516. The summed E-state index contributed by atoms with van der Waals surface area (Å²) in [5.41, 5.74) is 7.35. The highest BCUT2D eigenvalue weighted by Gasteiger charge is 2.12. The van der Waals surface area contributed by atoms with Gasteiger partial charge in [0.25, 0.3) is 0 Å². The molecular formula is C11H8N6. The van der Waals surface area contributed by atoms with Crippen LogP contribution in [-0.4, -0.2) is 14.5 Å². The van der Waals surface area contributed by atoms with Crippen molar-refractivity contribution >= 4 is 5.69 Å². The molecule has 0 spiro atoms. The monoisotopic (exact) mass is 224 g/mol. The average Bonchev–Trinajstić information content (AvgIpc) is 2.75. The molecule has 2 rings (SSSR count). The van der Waals surface area contributed by atoms with Crippen molar-refractivity contribution in [2.45, 2.75) is 6.92 Å². The minimum atomic E-state index is 0.0868. The zero-order chi connectivity index (χ0) is 12.4. The first-order valence-electron chi connectivity index (χ1n) is 4.77. The van der Waals surface area contributed by atoms with Gasteiger partial charge in [-0.15, -0.1) is 0 Å². The molecule has 2 aromatic rings. The Kier molecular flexibility index (Phi) is 2.48. The lowest BCUT2D eigenvalue weighted by molar-refractivity contribution is 0.973. The highest BCUT2D eigenvalue weighted by molar-refractivity contribution is 5.49. The molecule has 82 valence electrons. The van der Waals surface area contributed by atoms with Gasteiger partial charge >= 0.3 is 0 Å². The Morgan fingerprint density at radius 2 is 2.06 bits per heavy atom. The van der Waals surface area contributed by atoms with E-state index in [9.17, 15) is 0 Å². The fourth-order valence-electron chi connectivity index (χ4n) is 1.39. The maximum atomic E-state index is 8.99. The number of nitrogens with zero attached hydrogens (tertiary/aromatic N) is 5. The summed E-state index contributed by atoms with van der Waals surface area (Å²) in [6, 6.07) is 5.53. The molecule has 0 radical (unpaired) electrons. The molecule has 0 bridgehead atoms. The first-order chi connectivity index (χ1) is 8.17. The van der Waals surface area contributed by atoms with E-state index in [1.807, 2.05) is 19.1 Å². The second-order valence-electron chi connectivity index (χ2n) is 3.43. The molecule has 0 aromatic carbocycles. The number of aromatic nitrogens is 3. The predicted molar refractivity (Wildman–Crippen MR) is 59.9 cm³/mol. The van der Waals surface area contributed by atoms with Gasteiger partial charge in [0.2, 0.25) is 0 Å². The van der Waals surface area contributed by atoms with Crippen LogP contribution in [0.15, 0.2) is 18.6 Å². The van der Waals surface area contributed by atoms with E-state index in [0.29, 0.717) is 11.5 Å². The molecule has 0 aliphatic carbocycles. The van der Waals surface area contributed by atoms with Crippen LogP contribution in [0, 0.1) is 29.6 Å². The van der Waals surface area contributed by atoms with Crippen LogP contribution in [0.4, 0.5) is 5.69 Å². The van der Waals surface area contributed by atoms with Crippen LogP contribution < -0.4 is 5.73 Å². The highest BCUT2D eigenvalue weighted by Crippen LogP contribution is 2.16. The quantitative estimate of drug-likeness (QED) is 0.774. The van der Waals surface area contributed by atoms with Crippen molar-refractivity contribution in [3.8, 4) is 18.0 Å². The van der Waals surface area contributed by atoms with Crippen LogP contribution in [0.1, 0.15) is 17.0 Å². The molecule has 17 heavy (non-hydrogen) atoms. The molecule has 0 unspecified atom stereocenters. The van der Waals surface area contributed by atoms with Gasteiger partial charge in [-0.2, -0.15) is 10.5 Å². The van der Waals surface area contributed by atoms with Gasteiger partial charge in [0, 0.05) is 0 Å². The molecule has 0 aliphatic heterocycles. The number of nitrogens with two attached hydrogens (primary N) is 1. The highest BCUT2D eigenvalue weighted by atomic mass is 15.1. The van der Waals surface area contributed by atoms with Crippen molar-refractivity contribution in [2.24, 2.45) is 0 Å². The fraction of sp³-hybridized carbons (Fsp3) is 0.0909. The summed E-state index contributed by atoms with van der Waals surface area (Å²) in [5, 5.41) is 17.8. The number of imidazole rings is 1. The molecule has 6 heteroatoms. The molecule has 6 nitrogen and oxygen atoms in total. The van der Waals surface area contributed by atoms with Crippen LogP contribution in [0.25, 0.3) is 5.82 Å². The molecule has 0 saturated heterocycles. The van der Waals surface area contributed by atoms with Crippen LogP contribution >= 0.6 is 0 Å². The molecule has 0 atom stereocenters. The van der Waals surface area contributed by atoms with Gasteiger partial charge in [0.15, 0.2) is 11.4 Å². The van der Waals surface area contributed by atoms with Crippen molar-refractivity contribution in [3.63, 3.8) is 0 Å². The predicted octanol–water partition coefficient (Wildman–Crippen LogP) is 0.901. The van der Waals surface area contributed by atoms with E-state index in [-0.39, 0.29) is 11.4 Å². The van der Waals surface area contributed by atoms with E-state index in [1.54, 1.807) is 6.07 Å². The SMILES string of the molecule is Cc1cc(-n2cnc(C#N)c2C#N)ncc1N. The summed E-state index contributed by atoms with van der Waals surface area (Å²) < 4.78 is 1.46. The minimum Gasteiger partial charge on any atom is -0.397 e. The Hall–Kier alpha value is -2.86. The van der Waals surface area contributed by atoms with Crippen LogP contribution in [0.3, 0.4) is 0 Å². The van der Waals surface area contributed by atoms with Crippen molar-refractivity contribution in [1.82, 2.24) is 14.5 Å². The molecular weight excluding hydrogens is 216 g/mol. The molecule has 2 heterocycles. The van der Waals surface area contributed by atoms with E-state index in [1.165, 1.54) is 17.1 Å². The fourth-order valence-corrected chi connectivity index (χ4v) is 1.39. The second kappa shape index (κ2) is 3.95. The number of pyridine rings is 1. The molecule has 2 aromatic heterocycles. The Morgan fingerprint density at radius 3 is 2.65 bits per heavy atom. The zero-order valence-corrected chi connectivity index (χ0v) is 9.05. The van der Waals surface area contributed by atoms with E-state index in [0.717, 1.165) is 5.56 Å². The normalized spacial score (nSPS) is 9.59. The summed E-state index contributed by atoms with van der Waals surface area (Å²) in [6.45, 7) is 1.84. The summed E-state index contributed by atoms with van der Waals surface area (Å²) in [7, 11) is 0. The Balaban J connectivity index is 2.62. The smallest absolute Gasteiger partial charge is 0.177 e. The van der Waals surface area contributed by atoms with E-state index in [2.05, 4.69) is 9.97 Å².